The van der Waals surface area contributed by atoms with Crippen LogP contribution in [-0.2, 0) is 9.47 Å². The van der Waals surface area contributed by atoms with Crippen molar-refractivity contribution in [3.8, 4) is 5.75 Å². The molecule has 1 aromatic carbocycles. The number of aromatic hydroxyl groups is 1. The van der Waals surface area contributed by atoms with Crippen LogP contribution in [0.4, 0.5) is 17.8 Å². The van der Waals surface area contributed by atoms with E-state index in [0.29, 0.717) is 53.2 Å². The van der Waals surface area contributed by atoms with Crippen molar-refractivity contribution in [2.45, 2.75) is 0 Å². The lowest BCUT2D eigenvalue weighted by atomic mass is 10.2. The van der Waals surface area contributed by atoms with E-state index in [1.807, 2.05) is 0 Å². The first-order chi connectivity index (χ1) is 14.6. The first-order valence-corrected chi connectivity index (χ1v) is 11.1. The van der Waals surface area contributed by atoms with Gasteiger partial charge >= 0.3 is 0 Å². The Morgan fingerprint density at radius 3 is 1.90 bits per heavy atom. The van der Waals surface area contributed by atoms with Gasteiger partial charge in [-0.3, -0.25) is 0 Å². The van der Waals surface area contributed by atoms with Crippen LogP contribution in [0.3, 0.4) is 0 Å². The van der Waals surface area contributed by atoms with Gasteiger partial charge in [-0.1, -0.05) is 0 Å². The zero-order valence-corrected chi connectivity index (χ0v) is 19.3. The molecule has 0 unspecified atom stereocenters. The molecule has 0 radical (unpaired) electrons. The number of aromatic nitrogens is 3. The van der Waals surface area contributed by atoms with Gasteiger partial charge in [0.1, 0.15) is 5.75 Å². The number of rotatable bonds is 5. The highest BCUT2D eigenvalue weighted by Crippen LogP contribution is 2.32. The highest BCUT2D eigenvalue weighted by Gasteiger charge is 2.20. The molecule has 0 atom stereocenters. The molecule has 12 heteroatoms. The molecule has 0 amide bonds. The van der Waals surface area contributed by atoms with Gasteiger partial charge in [0, 0.05) is 26.2 Å². The van der Waals surface area contributed by atoms with Gasteiger partial charge in [-0.2, -0.15) is 20.1 Å². The molecule has 0 aliphatic carbocycles. The summed E-state index contributed by atoms with van der Waals surface area (Å²) in [6.07, 6.45) is 1.63. The Hall–Kier alpha value is -2.02. The fourth-order valence-corrected chi connectivity index (χ4v) is 4.26. The normalized spacial score (nSPS) is 17.5. The Morgan fingerprint density at radius 2 is 1.40 bits per heavy atom. The van der Waals surface area contributed by atoms with Crippen LogP contribution in [-0.4, -0.2) is 78.9 Å². The van der Waals surface area contributed by atoms with E-state index >= 15 is 0 Å². The number of hydrazone groups is 1. The number of benzene rings is 1. The number of hydrogen-bond donors (Lipinski definition) is 2. The quantitative estimate of drug-likeness (QED) is 0.434. The van der Waals surface area contributed by atoms with Crippen molar-refractivity contribution in [3.05, 3.63) is 26.6 Å². The number of nitrogens with zero attached hydrogens (tertiary/aromatic N) is 6. The topological polar surface area (TPSA) is 108 Å². The standard InChI is InChI=1S/C18H21Br2N7O3/c19-13-9-12(10-14(20)15(13)28)11-21-25-16-22-17(26-1-5-29-6-2-26)24-18(23-16)27-3-7-30-8-4-27/h9-11,28H,1-8H2,(H,22,23,24,25). The predicted octanol–water partition coefficient (Wildman–Crippen LogP) is 2.22. The maximum Gasteiger partial charge on any atom is 0.250 e. The number of phenolic OH excluding ortho intramolecular Hbond substituents is 1. The molecule has 3 heterocycles. The van der Waals surface area contributed by atoms with E-state index in [9.17, 15) is 5.11 Å². The molecule has 2 aliphatic rings. The van der Waals surface area contributed by atoms with Crippen LogP contribution in [0.15, 0.2) is 26.2 Å². The largest absolute Gasteiger partial charge is 0.506 e. The molecule has 2 fully saturated rings. The average molecular weight is 543 g/mol. The molecule has 30 heavy (non-hydrogen) atoms. The zero-order chi connectivity index (χ0) is 20.9. The summed E-state index contributed by atoms with van der Waals surface area (Å²) in [4.78, 5) is 17.9. The molecule has 2 N–H and O–H groups in total. The summed E-state index contributed by atoms with van der Waals surface area (Å²) in [6.45, 7) is 5.48. The van der Waals surface area contributed by atoms with Gasteiger partial charge in [-0.05, 0) is 49.6 Å². The molecule has 10 nitrogen and oxygen atoms in total. The smallest absolute Gasteiger partial charge is 0.250 e. The lowest BCUT2D eigenvalue weighted by Gasteiger charge is -2.30. The Labute approximate surface area is 190 Å². The molecular weight excluding hydrogens is 522 g/mol. The van der Waals surface area contributed by atoms with E-state index in [0.717, 1.165) is 31.7 Å². The maximum atomic E-state index is 9.83. The molecule has 0 bridgehead atoms. The van der Waals surface area contributed by atoms with Crippen molar-refractivity contribution in [2.75, 3.05) is 67.8 Å². The number of nitrogens with one attached hydrogen (secondary N) is 1. The Balaban J connectivity index is 1.56. The molecule has 1 aromatic heterocycles. The van der Waals surface area contributed by atoms with Gasteiger partial charge in [0.15, 0.2) is 0 Å². The maximum absolute atomic E-state index is 9.83. The fourth-order valence-electron chi connectivity index (χ4n) is 3.04. The van der Waals surface area contributed by atoms with E-state index in [1.165, 1.54) is 0 Å². The summed E-state index contributed by atoms with van der Waals surface area (Å²) in [6, 6.07) is 3.52. The first kappa shape index (κ1) is 21.2. The van der Waals surface area contributed by atoms with Crippen LogP contribution in [0, 0.1) is 0 Å². The van der Waals surface area contributed by atoms with Crippen LogP contribution in [0.1, 0.15) is 5.56 Å². The number of phenols is 1. The minimum Gasteiger partial charge on any atom is -0.506 e. The van der Waals surface area contributed by atoms with Gasteiger partial charge < -0.3 is 24.4 Å². The zero-order valence-electron chi connectivity index (χ0n) is 16.1. The van der Waals surface area contributed by atoms with Crippen molar-refractivity contribution in [3.63, 3.8) is 0 Å². The molecule has 4 rings (SSSR count). The number of hydrogen-bond acceptors (Lipinski definition) is 10. The molecular formula is C18H21Br2N7O3. The summed E-state index contributed by atoms with van der Waals surface area (Å²) in [5.74, 6) is 1.70. The third-order valence-corrected chi connectivity index (χ3v) is 5.83. The third-order valence-electron chi connectivity index (χ3n) is 4.62. The summed E-state index contributed by atoms with van der Waals surface area (Å²) >= 11 is 6.63. The average Bonchev–Trinajstić information content (AvgIpc) is 2.78. The Bertz CT molecular complexity index is 859. The fraction of sp³-hybridized carbons (Fsp3) is 0.444. The molecule has 160 valence electrons. The van der Waals surface area contributed by atoms with Crippen molar-refractivity contribution in [1.82, 2.24) is 15.0 Å². The van der Waals surface area contributed by atoms with E-state index in [4.69, 9.17) is 9.47 Å². The second-order valence-corrected chi connectivity index (χ2v) is 8.37. The lowest BCUT2D eigenvalue weighted by Crippen LogP contribution is -2.40. The summed E-state index contributed by atoms with van der Waals surface area (Å²) in [5, 5.41) is 14.1. The first-order valence-electron chi connectivity index (χ1n) is 9.49. The minimum atomic E-state index is 0.142. The van der Waals surface area contributed by atoms with E-state index in [2.05, 4.69) is 67.1 Å². The number of ether oxygens (including phenoxy) is 2. The highest BCUT2D eigenvalue weighted by atomic mass is 79.9. The number of halogens is 2. The highest BCUT2D eigenvalue weighted by molar-refractivity contribution is 9.11. The Kier molecular flexibility index (Phi) is 6.97. The second kappa shape index (κ2) is 9.86. The number of morpholine rings is 2. The molecule has 2 aromatic rings. The summed E-state index contributed by atoms with van der Waals surface area (Å²) in [7, 11) is 0. The summed E-state index contributed by atoms with van der Waals surface area (Å²) < 4.78 is 12.0. The molecule has 2 aliphatic heterocycles. The lowest BCUT2D eigenvalue weighted by molar-refractivity contribution is 0.121. The van der Waals surface area contributed by atoms with Crippen LogP contribution in [0.25, 0.3) is 0 Å². The van der Waals surface area contributed by atoms with Gasteiger partial charge in [0.05, 0.1) is 41.6 Å². The van der Waals surface area contributed by atoms with E-state index in [-0.39, 0.29) is 5.75 Å². The van der Waals surface area contributed by atoms with Gasteiger partial charge in [-0.25, -0.2) is 5.43 Å². The Morgan fingerprint density at radius 1 is 0.900 bits per heavy atom. The van der Waals surface area contributed by atoms with Crippen molar-refractivity contribution in [1.29, 1.82) is 0 Å². The van der Waals surface area contributed by atoms with Gasteiger partial charge in [0.2, 0.25) is 17.8 Å². The van der Waals surface area contributed by atoms with Gasteiger partial charge in [0.25, 0.3) is 0 Å². The van der Waals surface area contributed by atoms with E-state index < -0.39 is 0 Å². The molecule has 0 saturated carbocycles. The SMILES string of the molecule is Oc1c(Br)cc(C=NNc2nc(N3CCOCC3)nc(N3CCOCC3)n2)cc1Br. The van der Waals surface area contributed by atoms with Crippen molar-refractivity contribution < 1.29 is 14.6 Å². The minimum absolute atomic E-state index is 0.142. The van der Waals surface area contributed by atoms with Crippen molar-refractivity contribution >= 4 is 55.9 Å². The number of anilines is 3. The molecule has 2 saturated heterocycles. The predicted molar refractivity (Wildman–Crippen MR) is 121 cm³/mol. The summed E-state index contributed by atoms with van der Waals surface area (Å²) in [5.41, 5.74) is 3.69. The van der Waals surface area contributed by atoms with E-state index in [1.54, 1.807) is 18.3 Å². The van der Waals surface area contributed by atoms with Crippen LogP contribution >= 0.6 is 31.9 Å². The van der Waals surface area contributed by atoms with Crippen molar-refractivity contribution in [2.24, 2.45) is 5.10 Å². The van der Waals surface area contributed by atoms with Crippen LogP contribution in [0.5, 0.6) is 5.75 Å². The monoisotopic (exact) mass is 541 g/mol. The molecule has 0 spiro atoms. The van der Waals surface area contributed by atoms with Crippen LogP contribution in [0.2, 0.25) is 0 Å². The second-order valence-electron chi connectivity index (χ2n) is 6.66. The van der Waals surface area contributed by atoms with Gasteiger partial charge in [-0.15, -0.1) is 0 Å². The van der Waals surface area contributed by atoms with Crippen LogP contribution < -0.4 is 15.2 Å². The third kappa shape index (κ3) is 5.17.